The van der Waals surface area contributed by atoms with Gasteiger partial charge in [-0.1, -0.05) is 35.4 Å². The summed E-state index contributed by atoms with van der Waals surface area (Å²) < 4.78 is 2.04. The number of benzene rings is 1. The maximum absolute atomic E-state index is 12.7. The van der Waals surface area contributed by atoms with Crippen molar-refractivity contribution in [2.45, 2.75) is 18.0 Å². The average Bonchev–Trinajstić information content (AvgIpc) is 2.77. The SMILES string of the molecule is [N-]=[N+]=NCC1=C(C(=O)O)N2C(=O)[C@@H](Nc3cc[n+](Cc4ccccc4)cc3)[C@H]2SC1. The van der Waals surface area contributed by atoms with Crippen LogP contribution in [0.5, 0.6) is 0 Å². The lowest BCUT2D eigenvalue weighted by molar-refractivity contribution is -0.688. The van der Waals surface area contributed by atoms with Gasteiger partial charge in [0.2, 0.25) is 0 Å². The van der Waals surface area contributed by atoms with Crippen LogP contribution >= 0.6 is 11.8 Å². The Hall–Kier alpha value is -3.49. The number of amides is 1. The molecule has 0 aliphatic carbocycles. The van der Waals surface area contributed by atoms with E-state index in [1.54, 1.807) is 0 Å². The Morgan fingerprint density at radius 1 is 1.30 bits per heavy atom. The first-order valence-electron chi connectivity index (χ1n) is 9.29. The van der Waals surface area contributed by atoms with Crippen LogP contribution in [0.1, 0.15) is 5.56 Å². The molecule has 1 saturated heterocycles. The van der Waals surface area contributed by atoms with E-state index in [4.69, 9.17) is 5.53 Å². The molecule has 10 heteroatoms. The lowest BCUT2D eigenvalue weighted by Gasteiger charge is -2.49. The van der Waals surface area contributed by atoms with Crippen LogP contribution < -0.4 is 9.88 Å². The fraction of sp³-hybridized carbons (Fsp3) is 0.250. The van der Waals surface area contributed by atoms with Crippen LogP contribution in [0.25, 0.3) is 10.4 Å². The number of aliphatic carboxylic acids is 1. The van der Waals surface area contributed by atoms with Gasteiger partial charge < -0.3 is 10.4 Å². The van der Waals surface area contributed by atoms with E-state index >= 15 is 0 Å². The van der Waals surface area contributed by atoms with Crippen LogP contribution in [0, 0.1) is 0 Å². The summed E-state index contributed by atoms with van der Waals surface area (Å²) in [5, 5.41) is 15.9. The number of anilines is 1. The summed E-state index contributed by atoms with van der Waals surface area (Å²) in [6.45, 7) is 0.691. The topological polar surface area (TPSA) is 122 Å². The first-order valence-corrected chi connectivity index (χ1v) is 10.3. The summed E-state index contributed by atoms with van der Waals surface area (Å²) in [7, 11) is 0. The minimum atomic E-state index is -1.18. The zero-order valence-corrected chi connectivity index (χ0v) is 16.7. The minimum absolute atomic E-state index is 0.0557. The summed E-state index contributed by atoms with van der Waals surface area (Å²) in [5.74, 6) is -1.08. The van der Waals surface area contributed by atoms with Gasteiger partial charge in [-0.3, -0.25) is 9.69 Å². The molecule has 2 aliphatic heterocycles. The molecule has 2 aromatic rings. The molecule has 1 aromatic heterocycles. The zero-order chi connectivity index (χ0) is 21.1. The average molecular weight is 423 g/mol. The van der Waals surface area contributed by atoms with E-state index in [-0.39, 0.29) is 23.5 Å². The number of thioether (sulfide) groups is 1. The van der Waals surface area contributed by atoms with E-state index in [1.165, 1.54) is 22.2 Å². The zero-order valence-electron chi connectivity index (χ0n) is 15.9. The second-order valence-electron chi connectivity index (χ2n) is 6.92. The van der Waals surface area contributed by atoms with Crippen molar-refractivity contribution >= 4 is 29.3 Å². The molecule has 1 fully saturated rings. The number of carboxylic acids is 1. The van der Waals surface area contributed by atoms with Gasteiger partial charge in [-0.2, -0.15) is 0 Å². The van der Waals surface area contributed by atoms with Crippen molar-refractivity contribution in [2.24, 2.45) is 5.11 Å². The van der Waals surface area contributed by atoms with Crippen LogP contribution in [0.2, 0.25) is 0 Å². The van der Waals surface area contributed by atoms with Crippen molar-refractivity contribution in [3.63, 3.8) is 0 Å². The quantitative estimate of drug-likeness (QED) is 0.233. The van der Waals surface area contributed by atoms with Gasteiger partial charge in [0.15, 0.2) is 18.9 Å². The Bertz CT molecular complexity index is 1050. The van der Waals surface area contributed by atoms with E-state index in [0.29, 0.717) is 11.3 Å². The summed E-state index contributed by atoms with van der Waals surface area (Å²) in [6.07, 6.45) is 3.87. The first-order chi connectivity index (χ1) is 14.6. The molecule has 0 saturated carbocycles. The number of azide groups is 1. The van der Waals surface area contributed by atoms with Gasteiger partial charge in [-0.05, 0) is 11.1 Å². The van der Waals surface area contributed by atoms with Crippen molar-refractivity contribution < 1.29 is 19.3 Å². The highest BCUT2D eigenvalue weighted by Gasteiger charge is 2.53. The van der Waals surface area contributed by atoms with Crippen LogP contribution in [-0.2, 0) is 16.1 Å². The summed E-state index contributed by atoms with van der Waals surface area (Å²) >= 11 is 1.46. The van der Waals surface area contributed by atoms with Crippen LogP contribution in [-0.4, -0.2) is 45.6 Å². The molecule has 0 radical (unpaired) electrons. The molecule has 3 heterocycles. The lowest BCUT2D eigenvalue weighted by atomic mass is 10.0. The summed E-state index contributed by atoms with van der Waals surface area (Å²) in [4.78, 5) is 28.3. The number of carbonyl (C=O) groups is 2. The Labute approximate surface area is 176 Å². The normalized spacial score (nSPS) is 20.1. The molecule has 0 spiro atoms. The van der Waals surface area contributed by atoms with Crippen molar-refractivity contribution in [2.75, 3.05) is 17.6 Å². The number of nitrogens with zero attached hydrogens (tertiary/aromatic N) is 5. The predicted molar refractivity (Wildman–Crippen MR) is 111 cm³/mol. The molecule has 2 N–H and O–H groups in total. The van der Waals surface area contributed by atoms with E-state index in [0.717, 1.165) is 12.2 Å². The Balaban J connectivity index is 1.45. The molecular formula is C20H19N6O3S+. The highest BCUT2D eigenvalue weighted by Crippen LogP contribution is 2.41. The van der Waals surface area contributed by atoms with Gasteiger partial charge in [-0.15, -0.1) is 11.8 Å². The minimum Gasteiger partial charge on any atom is -0.477 e. The van der Waals surface area contributed by atoms with Crippen LogP contribution in [0.4, 0.5) is 5.69 Å². The number of nitrogens with one attached hydrogen (secondary N) is 1. The van der Waals surface area contributed by atoms with Gasteiger partial charge >= 0.3 is 5.97 Å². The fourth-order valence-corrected chi connectivity index (χ4v) is 4.89. The smallest absolute Gasteiger partial charge is 0.352 e. The molecule has 0 unspecified atom stereocenters. The van der Waals surface area contributed by atoms with Crippen LogP contribution in [0.3, 0.4) is 0 Å². The third kappa shape index (κ3) is 3.83. The fourth-order valence-electron chi connectivity index (χ4n) is 3.55. The summed E-state index contributed by atoms with van der Waals surface area (Å²) in [6, 6.07) is 13.4. The number of carbonyl (C=O) groups excluding carboxylic acids is 1. The number of rotatable bonds is 7. The van der Waals surface area contributed by atoms with E-state index in [1.807, 2.05) is 47.3 Å². The van der Waals surface area contributed by atoms with Crippen molar-refractivity contribution in [1.82, 2.24) is 4.90 Å². The number of aromatic nitrogens is 1. The third-order valence-corrected chi connectivity index (χ3v) is 6.34. The molecule has 2 atom stereocenters. The Morgan fingerprint density at radius 2 is 2.03 bits per heavy atom. The van der Waals surface area contributed by atoms with Crippen molar-refractivity contribution in [3.8, 4) is 0 Å². The molecule has 9 nitrogen and oxygen atoms in total. The highest BCUT2D eigenvalue weighted by molar-refractivity contribution is 8.00. The molecule has 0 bridgehead atoms. The molecule has 30 heavy (non-hydrogen) atoms. The van der Waals surface area contributed by atoms with Gasteiger partial charge in [0.1, 0.15) is 17.1 Å². The molecule has 1 amide bonds. The number of fused-ring (bicyclic) bond motifs is 1. The van der Waals surface area contributed by atoms with Gasteiger partial charge in [-0.25, -0.2) is 9.36 Å². The molecule has 2 aliphatic rings. The van der Waals surface area contributed by atoms with Crippen LogP contribution in [0.15, 0.2) is 71.2 Å². The van der Waals surface area contributed by atoms with Crippen molar-refractivity contribution in [3.05, 3.63) is 82.1 Å². The molecule has 152 valence electrons. The van der Waals surface area contributed by atoms with E-state index in [2.05, 4.69) is 27.5 Å². The Kier molecular flexibility index (Phi) is 5.60. The third-order valence-electron chi connectivity index (χ3n) is 5.00. The highest BCUT2D eigenvalue weighted by atomic mass is 32.2. The van der Waals surface area contributed by atoms with Gasteiger partial charge in [0, 0.05) is 34.0 Å². The summed E-state index contributed by atoms with van der Waals surface area (Å²) in [5.41, 5.74) is 10.9. The lowest BCUT2D eigenvalue weighted by Crippen LogP contribution is -2.67. The second-order valence-corrected chi connectivity index (χ2v) is 8.03. The number of hydrogen-bond acceptors (Lipinski definition) is 5. The Morgan fingerprint density at radius 3 is 2.70 bits per heavy atom. The van der Waals surface area contributed by atoms with Gasteiger partial charge in [0.05, 0.1) is 6.54 Å². The maximum Gasteiger partial charge on any atom is 0.352 e. The van der Waals surface area contributed by atoms with Crippen molar-refractivity contribution in [1.29, 1.82) is 0 Å². The number of pyridine rings is 1. The number of β-lactam (4-membered cyclic amide) rings is 1. The van der Waals surface area contributed by atoms with E-state index in [9.17, 15) is 14.7 Å². The monoisotopic (exact) mass is 423 g/mol. The maximum atomic E-state index is 12.7. The molecular weight excluding hydrogens is 404 g/mol. The molecule has 4 rings (SSSR count). The molecule has 1 aromatic carbocycles. The standard InChI is InChI=1S/C20H18N6O3S/c21-24-22-10-14-12-30-19-16(18(27)26(19)17(14)20(28)29)23-15-6-8-25(9-7-15)11-13-4-2-1-3-5-13/h1-9,16,19H,10-12H2,(H,28,29)/p+1/t16-,19-/m1/s1. The number of carboxylic acid groups (broad SMARTS) is 1. The number of hydrogen-bond donors (Lipinski definition) is 2. The second kappa shape index (κ2) is 8.48. The predicted octanol–water partition coefficient (Wildman–Crippen LogP) is 2.37. The first kappa shape index (κ1) is 19.8. The largest absolute Gasteiger partial charge is 0.477 e. The van der Waals surface area contributed by atoms with E-state index < -0.39 is 12.0 Å². The van der Waals surface area contributed by atoms with Gasteiger partial charge in [0.25, 0.3) is 5.91 Å².